The second-order valence-corrected chi connectivity index (χ2v) is 20.0. The SMILES string of the molecule is O=P(Cc1ccc2cc1-c1cc(ccc1CP(=O)(c1ccccc1)c1ccccc1)OCCCCCCCCCCO2)(c1ccccc1)c1ccccc1. The summed E-state index contributed by atoms with van der Waals surface area (Å²) in [6.07, 6.45) is 9.86. The summed E-state index contributed by atoms with van der Waals surface area (Å²) in [5.74, 6) is 1.55. The third kappa shape index (κ3) is 9.01. The Morgan fingerprint density at radius 2 is 0.667 bits per heavy atom. The van der Waals surface area contributed by atoms with E-state index < -0.39 is 14.3 Å². The van der Waals surface area contributed by atoms with Gasteiger partial charge in [0, 0.05) is 33.5 Å². The van der Waals surface area contributed by atoms with Crippen molar-refractivity contribution in [2.75, 3.05) is 13.2 Å². The Bertz CT molecular complexity index is 1940. The van der Waals surface area contributed by atoms with Crippen molar-refractivity contribution >= 4 is 35.5 Å². The van der Waals surface area contributed by atoms with Gasteiger partial charge in [0.2, 0.25) is 0 Å². The second-order valence-electron chi connectivity index (χ2n) is 14.3. The number of ether oxygens (including phenoxy) is 2. The van der Waals surface area contributed by atoms with Gasteiger partial charge in [-0.1, -0.05) is 172 Å². The monoisotopic (exact) mass is 752 g/mol. The lowest BCUT2D eigenvalue weighted by Gasteiger charge is -2.25. The van der Waals surface area contributed by atoms with E-state index in [1.54, 1.807) is 0 Å². The number of hydrogen-bond donors (Lipinski definition) is 0. The van der Waals surface area contributed by atoms with E-state index in [2.05, 4.69) is 24.3 Å². The highest BCUT2D eigenvalue weighted by Gasteiger charge is 2.32. The highest BCUT2D eigenvalue weighted by molar-refractivity contribution is 7.78. The van der Waals surface area contributed by atoms with Crippen LogP contribution in [0.25, 0.3) is 11.1 Å². The highest BCUT2D eigenvalue weighted by atomic mass is 31.2. The summed E-state index contributed by atoms with van der Waals surface area (Å²) >= 11 is 0. The molecule has 0 amide bonds. The maximum Gasteiger partial charge on any atom is 0.147 e. The molecule has 1 aliphatic rings. The Labute approximate surface area is 321 Å². The van der Waals surface area contributed by atoms with E-state index in [1.807, 2.05) is 133 Å². The Morgan fingerprint density at radius 3 is 0.981 bits per heavy atom. The summed E-state index contributed by atoms with van der Waals surface area (Å²) < 4.78 is 44.0. The van der Waals surface area contributed by atoms with E-state index in [1.165, 1.54) is 25.7 Å². The molecular formula is C48H50O4P2. The molecule has 54 heavy (non-hydrogen) atoms. The van der Waals surface area contributed by atoms with Crippen LogP contribution in [0.2, 0.25) is 0 Å². The number of benzene rings is 6. The standard InChI is InChI=1S/C48H50O4P2/c49-53(43-21-11-7-12-22-43,44-23-13-8-14-24-44)37-39-29-31-41-35-47(39)48-36-42(52-34-20-6-4-2-1-3-5-19-33-51-41)32-30-40(48)38-54(50,45-25-15-9-16-26-45)46-27-17-10-18-28-46/h7-18,21-32,35-36H,1-6,19-20,33-34,37-38H2. The molecule has 4 bridgehead atoms. The van der Waals surface area contributed by atoms with Crippen molar-refractivity contribution in [3.63, 3.8) is 0 Å². The summed E-state index contributed by atoms with van der Waals surface area (Å²) in [5, 5.41) is 3.27. The van der Waals surface area contributed by atoms with Crippen molar-refractivity contribution in [1.29, 1.82) is 0 Å². The van der Waals surface area contributed by atoms with Crippen LogP contribution in [0, 0.1) is 0 Å². The van der Waals surface area contributed by atoms with Crippen molar-refractivity contribution in [1.82, 2.24) is 0 Å². The smallest absolute Gasteiger partial charge is 0.147 e. The molecule has 0 unspecified atom stereocenters. The first-order valence-corrected chi connectivity index (χ1v) is 23.2. The van der Waals surface area contributed by atoms with Crippen LogP contribution in [0.1, 0.15) is 62.5 Å². The predicted molar refractivity (Wildman–Crippen MR) is 227 cm³/mol. The Morgan fingerprint density at radius 1 is 0.370 bits per heavy atom. The van der Waals surface area contributed by atoms with Gasteiger partial charge in [-0.2, -0.15) is 0 Å². The Hall–Kier alpha value is -4.62. The average molecular weight is 753 g/mol. The largest absolute Gasteiger partial charge is 0.494 e. The Balaban J connectivity index is 1.40. The molecule has 6 aromatic rings. The molecule has 0 N–H and O–H groups in total. The molecule has 7 rings (SSSR count). The zero-order valence-electron chi connectivity index (χ0n) is 31.0. The summed E-state index contributed by atoms with van der Waals surface area (Å²) in [4.78, 5) is 0. The summed E-state index contributed by atoms with van der Waals surface area (Å²) in [5.41, 5.74) is 3.74. The van der Waals surface area contributed by atoms with Gasteiger partial charge in [-0.05, 0) is 59.4 Å². The van der Waals surface area contributed by atoms with Crippen molar-refractivity contribution in [3.05, 3.63) is 169 Å². The fourth-order valence-electron chi connectivity index (χ4n) is 7.53. The van der Waals surface area contributed by atoms with Gasteiger partial charge in [0.1, 0.15) is 25.8 Å². The van der Waals surface area contributed by atoms with Crippen molar-refractivity contribution in [3.8, 4) is 22.6 Å². The van der Waals surface area contributed by atoms with Crippen LogP contribution in [0.4, 0.5) is 0 Å². The number of rotatable bonds is 8. The molecular weight excluding hydrogens is 702 g/mol. The minimum Gasteiger partial charge on any atom is -0.494 e. The van der Waals surface area contributed by atoms with Gasteiger partial charge in [-0.25, -0.2) is 0 Å². The van der Waals surface area contributed by atoms with E-state index in [4.69, 9.17) is 9.47 Å². The second kappa shape index (κ2) is 18.1. The van der Waals surface area contributed by atoms with E-state index in [-0.39, 0.29) is 0 Å². The average Bonchev–Trinajstić information content (AvgIpc) is 3.23. The molecule has 0 saturated heterocycles. The lowest BCUT2D eigenvalue weighted by Crippen LogP contribution is -2.18. The van der Waals surface area contributed by atoms with Crippen LogP contribution in [0.3, 0.4) is 0 Å². The van der Waals surface area contributed by atoms with Crippen LogP contribution in [0.5, 0.6) is 11.5 Å². The molecule has 0 aromatic heterocycles. The fourth-order valence-corrected chi connectivity index (χ4v) is 13.0. The van der Waals surface area contributed by atoms with Gasteiger partial charge < -0.3 is 18.6 Å². The molecule has 0 radical (unpaired) electrons. The minimum absolute atomic E-state index is 0.316. The fraction of sp³-hybridized carbons (Fsp3) is 0.250. The van der Waals surface area contributed by atoms with E-state index in [9.17, 15) is 0 Å². The molecule has 6 aromatic carbocycles. The van der Waals surface area contributed by atoms with E-state index in [0.717, 1.165) is 80.7 Å². The normalized spacial score (nSPS) is 14.5. The van der Waals surface area contributed by atoms with Gasteiger partial charge in [0.15, 0.2) is 0 Å². The van der Waals surface area contributed by atoms with Gasteiger partial charge in [0.05, 0.1) is 13.2 Å². The van der Waals surface area contributed by atoms with Crippen LogP contribution in [-0.2, 0) is 21.5 Å². The lowest BCUT2D eigenvalue weighted by molar-refractivity contribution is 0.300. The highest BCUT2D eigenvalue weighted by Crippen LogP contribution is 2.52. The Kier molecular flexibility index (Phi) is 12.7. The summed E-state index contributed by atoms with van der Waals surface area (Å²) in [6.45, 7) is 1.27. The molecule has 1 heterocycles. The topological polar surface area (TPSA) is 52.6 Å². The zero-order valence-corrected chi connectivity index (χ0v) is 32.8. The lowest BCUT2D eigenvalue weighted by atomic mass is 9.96. The molecule has 4 nitrogen and oxygen atoms in total. The first-order valence-electron chi connectivity index (χ1n) is 19.5. The van der Waals surface area contributed by atoms with Gasteiger partial charge in [-0.15, -0.1) is 0 Å². The summed E-state index contributed by atoms with van der Waals surface area (Å²) in [7, 11) is -6.30. The van der Waals surface area contributed by atoms with Crippen molar-refractivity contribution < 1.29 is 18.6 Å². The maximum atomic E-state index is 15.6. The summed E-state index contributed by atoms with van der Waals surface area (Å²) in [6, 6.07) is 51.9. The zero-order chi connectivity index (χ0) is 37.1. The molecule has 0 fully saturated rings. The molecule has 276 valence electrons. The molecule has 0 atom stereocenters. The number of hydrogen-bond acceptors (Lipinski definition) is 4. The van der Waals surface area contributed by atoms with E-state index >= 15 is 9.13 Å². The third-order valence-corrected chi connectivity index (χ3v) is 16.6. The van der Waals surface area contributed by atoms with E-state index in [0.29, 0.717) is 25.5 Å². The first kappa shape index (κ1) is 37.7. The van der Waals surface area contributed by atoms with Crippen LogP contribution in [0.15, 0.2) is 158 Å². The predicted octanol–water partition coefficient (Wildman–Crippen LogP) is 11.3. The molecule has 0 spiro atoms. The molecule has 0 aliphatic carbocycles. The first-order chi connectivity index (χ1) is 26.5. The molecule has 6 heteroatoms. The third-order valence-electron chi connectivity index (χ3n) is 10.5. The van der Waals surface area contributed by atoms with Gasteiger partial charge in [0.25, 0.3) is 0 Å². The van der Waals surface area contributed by atoms with Crippen molar-refractivity contribution in [2.45, 2.75) is 63.7 Å². The number of fused-ring (bicyclic) bond motifs is 5. The van der Waals surface area contributed by atoms with Crippen LogP contribution >= 0.6 is 14.3 Å². The van der Waals surface area contributed by atoms with Gasteiger partial charge >= 0.3 is 0 Å². The molecule has 1 aliphatic heterocycles. The minimum atomic E-state index is -3.15. The van der Waals surface area contributed by atoms with Crippen LogP contribution < -0.4 is 30.7 Å². The van der Waals surface area contributed by atoms with Gasteiger partial charge in [-0.3, -0.25) is 0 Å². The van der Waals surface area contributed by atoms with Crippen molar-refractivity contribution in [2.24, 2.45) is 0 Å². The maximum absolute atomic E-state index is 15.6. The molecule has 0 saturated carbocycles. The van der Waals surface area contributed by atoms with Crippen LogP contribution in [-0.4, -0.2) is 13.2 Å². The quantitative estimate of drug-likeness (QED) is 0.145.